The molecule has 13 nitrogen and oxygen atoms in total. The van der Waals surface area contributed by atoms with Gasteiger partial charge in [0, 0.05) is 19.0 Å². The van der Waals surface area contributed by atoms with E-state index in [2.05, 4.69) is 50.2 Å². The largest absolute Gasteiger partial charge is 0.390 e. The number of fused-ring (bicyclic) bond motifs is 1. The lowest BCUT2D eigenvalue weighted by Gasteiger charge is -2.21. The molecule has 2 aliphatic rings. The molecule has 2 aromatic heterocycles. The molecule has 1 saturated carbocycles. The number of carbonyl (C=O) groups excluding carboxylic acids is 1. The molecule has 2 aromatic carbocycles. The van der Waals surface area contributed by atoms with E-state index in [4.69, 9.17) is 9.72 Å². The summed E-state index contributed by atoms with van der Waals surface area (Å²) in [5.74, 6) is 0.00581. The molecule has 44 heavy (non-hydrogen) atoms. The number of benzene rings is 2. The molecule has 1 aliphatic heterocycles. The van der Waals surface area contributed by atoms with Gasteiger partial charge in [0.2, 0.25) is 5.95 Å². The zero-order valence-electron chi connectivity index (χ0n) is 24.2. The van der Waals surface area contributed by atoms with Gasteiger partial charge in [0.15, 0.2) is 29.3 Å². The van der Waals surface area contributed by atoms with Crippen molar-refractivity contribution in [2.24, 2.45) is 0 Å². The number of hydrogen-bond donors (Lipinski definition) is 7. The summed E-state index contributed by atoms with van der Waals surface area (Å²) < 4.78 is 7.31. The molecular weight excluding hydrogens is 566 g/mol. The van der Waals surface area contributed by atoms with Gasteiger partial charge >= 0.3 is 0 Å². The standard InChI is InChI=1S/C31H37N7O6/c1-2-32-29(43)26-24(41)25(42)30(44-26)38-16-34-22-27(36-31(37-28(22)38)35-20-13-14-21(39)23(20)40)33-15-19(17-9-5-3-6-10-17)18-11-7-4-8-12-18/h3-12,16,19-21,23-26,30,39-42H,2,13-15H2,1H3,(H,32,43)(H2,33,35,36,37)/t20?,21?,23?,24-,25+,26-,30+/m1/s1. The summed E-state index contributed by atoms with van der Waals surface area (Å²) in [7, 11) is 0. The number of imidazole rings is 1. The van der Waals surface area contributed by atoms with E-state index in [9.17, 15) is 25.2 Å². The maximum absolute atomic E-state index is 12.5. The number of hydrogen-bond acceptors (Lipinski definition) is 11. The van der Waals surface area contributed by atoms with Crippen LogP contribution in [0.1, 0.15) is 43.0 Å². The summed E-state index contributed by atoms with van der Waals surface area (Å²) in [6, 6.07) is 19.7. The van der Waals surface area contributed by atoms with E-state index in [1.807, 2.05) is 36.4 Å². The van der Waals surface area contributed by atoms with Crippen LogP contribution in [0.4, 0.5) is 11.8 Å². The fourth-order valence-corrected chi connectivity index (χ4v) is 5.95. The van der Waals surface area contributed by atoms with Crippen molar-refractivity contribution in [3.63, 3.8) is 0 Å². The summed E-state index contributed by atoms with van der Waals surface area (Å²) >= 11 is 0. The van der Waals surface area contributed by atoms with Crippen LogP contribution in [-0.2, 0) is 9.53 Å². The lowest BCUT2D eigenvalue weighted by atomic mass is 9.91. The third-order valence-corrected chi connectivity index (χ3v) is 8.32. The summed E-state index contributed by atoms with van der Waals surface area (Å²) in [6.07, 6.45) is -4.81. The van der Waals surface area contributed by atoms with Crippen LogP contribution in [0.25, 0.3) is 11.2 Å². The van der Waals surface area contributed by atoms with E-state index in [-0.39, 0.29) is 17.5 Å². The van der Waals surface area contributed by atoms with Gasteiger partial charge < -0.3 is 41.1 Å². The Kier molecular flexibility index (Phi) is 8.73. The smallest absolute Gasteiger partial charge is 0.252 e. The topological polar surface area (TPSA) is 187 Å². The second-order valence-electron chi connectivity index (χ2n) is 11.2. The molecule has 13 heteroatoms. The van der Waals surface area contributed by atoms with Crippen molar-refractivity contribution < 1.29 is 30.0 Å². The van der Waals surface area contributed by atoms with Gasteiger partial charge in [-0.3, -0.25) is 9.36 Å². The van der Waals surface area contributed by atoms with Crippen molar-refractivity contribution >= 4 is 28.8 Å². The van der Waals surface area contributed by atoms with Crippen molar-refractivity contribution in [2.75, 3.05) is 23.7 Å². The third kappa shape index (κ3) is 5.84. The Labute approximate surface area is 254 Å². The van der Waals surface area contributed by atoms with Gasteiger partial charge in [0.05, 0.1) is 24.6 Å². The van der Waals surface area contributed by atoms with E-state index in [1.165, 1.54) is 10.9 Å². The molecule has 7 atom stereocenters. The van der Waals surface area contributed by atoms with Crippen molar-refractivity contribution in [2.45, 2.75) is 68.5 Å². The zero-order valence-corrected chi connectivity index (χ0v) is 24.2. The molecule has 6 rings (SSSR count). The minimum Gasteiger partial charge on any atom is -0.390 e. The van der Waals surface area contributed by atoms with Crippen LogP contribution in [0.2, 0.25) is 0 Å². The first-order chi connectivity index (χ1) is 21.4. The zero-order chi connectivity index (χ0) is 30.8. The summed E-state index contributed by atoms with van der Waals surface area (Å²) in [4.78, 5) is 26.4. The number of anilines is 2. The first-order valence-electron chi connectivity index (χ1n) is 14.9. The molecule has 0 bridgehead atoms. The maximum Gasteiger partial charge on any atom is 0.252 e. The number of aliphatic hydroxyl groups excluding tert-OH is 4. The SMILES string of the molecule is CCNC(=O)[C@@H]1O[C@H](n2cnc3c(NCC(c4ccccc4)c4ccccc4)nc(NC4CCC(O)C4O)nc32)[C@@H](O)[C@H]1O. The molecule has 0 radical (unpaired) electrons. The first kappa shape index (κ1) is 29.9. The van der Waals surface area contributed by atoms with Crippen molar-refractivity contribution in [3.05, 3.63) is 78.1 Å². The molecule has 0 spiro atoms. The highest BCUT2D eigenvalue weighted by atomic mass is 16.6. The van der Waals surface area contributed by atoms with Gasteiger partial charge in [-0.2, -0.15) is 9.97 Å². The number of aliphatic hydroxyl groups is 4. The fourth-order valence-electron chi connectivity index (χ4n) is 5.95. The summed E-state index contributed by atoms with van der Waals surface area (Å²) in [5.41, 5.74) is 2.88. The Morgan fingerprint density at radius 2 is 1.64 bits per heavy atom. The Morgan fingerprint density at radius 3 is 2.25 bits per heavy atom. The fraction of sp³-hybridized carbons (Fsp3) is 0.419. The summed E-state index contributed by atoms with van der Waals surface area (Å²) in [6.45, 7) is 2.54. The van der Waals surface area contributed by atoms with Crippen LogP contribution in [-0.4, -0.2) is 95.5 Å². The highest BCUT2D eigenvalue weighted by Crippen LogP contribution is 2.34. The van der Waals surface area contributed by atoms with E-state index < -0.39 is 48.7 Å². The number of nitrogens with one attached hydrogen (secondary N) is 3. The van der Waals surface area contributed by atoms with E-state index in [1.54, 1.807) is 6.92 Å². The lowest BCUT2D eigenvalue weighted by Crippen LogP contribution is -2.42. The van der Waals surface area contributed by atoms with Gasteiger partial charge in [0.25, 0.3) is 5.91 Å². The molecule has 1 saturated heterocycles. The molecule has 1 amide bonds. The minimum absolute atomic E-state index is 0.0271. The minimum atomic E-state index is -1.46. The molecule has 3 unspecified atom stereocenters. The normalized spacial score (nSPS) is 26.7. The van der Waals surface area contributed by atoms with Gasteiger partial charge in [0.1, 0.15) is 12.2 Å². The van der Waals surface area contributed by atoms with Crippen LogP contribution >= 0.6 is 0 Å². The Balaban J connectivity index is 1.36. The van der Waals surface area contributed by atoms with Crippen molar-refractivity contribution in [3.8, 4) is 0 Å². The number of rotatable bonds is 10. The first-order valence-corrected chi connectivity index (χ1v) is 14.9. The molecular formula is C31H37N7O6. The average molecular weight is 604 g/mol. The number of nitrogens with zero attached hydrogens (tertiary/aromatic N) is 4. The second kappa shape index (κ2) is 12.8. The second-order valence-corrected chi connectivity index (χ2v) is 11.2. The van der Waals surface area contributed by atoms with Crippen LogP contribution in [0.5, 0.6) is 0 Å². The van der Waals surface area contributed by atoms with Crippen molar-refractivity contribution in [1.82, 2.24) is 24.8 Å². The van der Waals surface area contributed by atoms with Crippen LogP contribution in [0, 0.1) is 0 Å². The summed E-state index contributed by atoms with van der Waals surface area (Å²) in [5, 5.41) is 51.3. The monoisotopic (exact) mass is 603 g/mol. The number of ether oxygens (including phenoxy) is 1. The highest BCUT2D eigenvalue weighted by Gasteiger charge is 2.47. The number of amides is 1. The van der Waals surface area contributed by atoms with Crippen LogP contribution in [0.3, 0.4) is 0 Å². The predicted molar refractivity (Wildman–Crippen MR) is 162 cm³/mol. The van der Waals surface area contributed by atoms with Crippen molar-refractivity contribution in [1.29, 1.82) is 0 Å². The third-order valence-electron chi connectivity index (χ3n) is 8.32. The van der Waals surface area contributed by atoms with Gasteiger partial charge in [-0.15, -0.1) is 0 Å². The van der Waals surface area contributed by atoms with E-state index >= 15 is 0 Å². The molecule has 4 aromatic rings. The highest BCUT2D eigenvalue weighted by molar-refractivity contribution is 5.85. The van der Waals surface area contributed by atoms with Gasteiger partial charge in [-0.25, -0.2) is 4.98 Å². The Hall–Kier alpha value is -4.14. The van der Waals surface area contributed by atoms with Gasteiger partial charge in [-0.1, -0.05) is 60.7 Å². The van der Waals surface area contributed by atoms with E-state index in [0.29, 0.717) is 37.3 Å². The Bertz CT molecular complexity index is 1530. The number of likely N-dealkylation sites (N-methyl/N-ethyl adjacent to an activating group) is 1. The molecule has 7 N–H and O–H groups in total. The number of aromatic nitrogens is 4. The average Bonchev–Trinajstić information content (AvgIpc) is 3.69. The molecule has 2 fully saturated rings. The number of carbonyl (C=O) groups is 1. The molecule has 232 valence electrons. The van der Waals surface area contributed by atoms with Gasteiger partial charge in [-0.05, 0) is 30.9 Å². The quantitative estimate of drug-likeness (QED) is 0.138. The molecule has 3 heterocycles. The van der Waals surface area contributed by atoms with E-state index in [0.717, 1.165) is 11.1 Å². The predicted octanol–water partition coefficient (Wildman–Crippen LogP) is 1.12. The van der Waals surface area contributed by atoms with Crippen LogP contribution in [0.15, 0.2) is 67.0 Å². The lowest BCUT2D eigenvalue weighted by molar-refractivity contribution is -0.137. The molecule has 1 aliphatic carbocycles. The maximum atomic E-state index is 12.5. The Morgan fingerprint density at radius 1 is 0.955 bits per heavy atom. The van der Waals surface area contributed by atoms with Crippen LogP contribution < -0.4 is 16.0 Å².